The van der Waals surface area contributed by atoms with Crippen LogP contribution in [0, 0.1) is 0 Å². The molecule has 0 saturated heterocycles. The average Bonchev–Trinajstić information content (AvgIpc) is 3.59. The summed E-state index contributed by atoms with van der Waals surface area (Å²) >= 11 is 0. The van der Waals surface area contributed by atoms with E-state index in [4.69, 9.17) is 19.4 Å². The molecule has 51 heavy (non-hydrogen) atoms. The molecule has 0 aliphatic rings. The molecule has 2 heterocycles. The van der Waals surface area contributed by atoms with E-state index in [0.717, 1.165) is 71.7 Å². The third kappa shape index (κ3) is 5.13. The molecule has 10 rings (SSSR count). The fraction of sp³-hybridized carbons (Fsp3) is 0. The van der Waals surface area contributed by atoms with Crippen molar-refractivity contribution in [2.45, 2.75) is 0 Å². The first-order chi connectivity index (χ1) is 25.2. The van der Waals surface area contributed by atoms with Crippen LogP contribution in [0.2, 0.25) is 0 Å². The maximum Gasteiger partial charge on any atom is 0.164 e. The molecule has 0 spiro atoms. The molecule has 0 aliphatic carbocycles. The van der Waals surface area contributed by atoms with Crippen LogP contribution in [0.5, 0.6) is 0 Å². The fourth-order valence-corrected chi connectivity index (χ4v) is 7.21. The predicted molar refractivity (Wildman–Crippen MR) is 209 cm³/mol. The van der Waals surface area contributed by atoms with E-state index >= 15 is 0 Å². The van der Waals surface area contributed by atoms with Gasteiger partial charge in [-0.3, -0.25) is 0 Å². The van der Waals surface area contributed by atoms with Gasteiger partial charge in [-0.2, -0.15) is 0 Å². The van der Waals surface area contributed by atoms with E-state index in [1.807, 2.05) is 30.3 Å². The van der Waals surface area contributed by atoms with Gasteiger partial charge in [0.05, 0.1) is 0 Å². The Bertz CT molecular complexity index is 2910. The first kappa shape index (κ1) is 29.0. The van der Waals surface area contributed by atoms with Crippen LogP contribution in [0.3, 0.4) is 0 Å². The molecule has 0 aliphatic heterocycles. The van der Waals surface area contributed by atoms with Crippen LogP contribution in [0.25, 0.3) is 99.9 Å². The largest absolute Gasteiger partial charge is 0.456 e. The minimum atomic E-state index is 0.590. The van der Waals surface area contributed by atoms with Crippen LogP contribution in [0.1, 0.15) is 0 Å². The summed E-state index contributed by atoms with van der Waals surface area (Å²) in [6.45, 7) is 0. The summed E-state index contributed by atoms with van der Waals surface area (Å²) in [5, 5.41) is 6.60. The SMILES string of the molecule is c1ccc(-c2cc(-c3nc(-c4ccc5ccccc5c4)nc(-c4cc(-c5ccccc5)c5ccccc5c4)n3)c3c(c2)oc2ccccc23)cc1. The number of hydrogen-bond acceptors (Lipinski definition) is 4. The summed E-state index contributed by atoms with van der Waals surface area (Å²) in [6, 6.07) is 61.1. The Labute approximate surface area is 294 Å². The van der Waals surface area contributed by atoms with Gasteiger partial charge in [-0.1, -0.05) is 140 Å². The third-order valence-corrected chi connectivity index (χ3v) is 9.67. The second kappa shape index (κ2) is 11.9. The Morgan fingerprint density at radius 2 is 0.902 bits per heavy atom. The van der Waals surface area contributed by atoms with Gasteiger partial charge >= 0.3 is 0 Å². The van der Waals surface area contributed by atoms with Crippen molar-refractivity contribution in [2.24, 2.45) is 0 Å². The molecule has 0 amide bonds. The molecule has 10 aromatic rings. The Balaban J connectivity index is 1.28. The van der Waals surface area contributed by atoms with Crippen LogP contribution >= 0.6 is 0 Å². The molecule has 0 atom stereocenters. The van der Waals surface area contributed by atoms with Gasteiger partial charge in [0.2, 0.25) is 0 Å². The lowest BCUT2D eigenvalue weighted by atomic mass is 9.95. The molecule has 0 bridgehead atoms. The number of fused-ring (bicyclic) bond motifs is 5. The quantitative estimate of drug-likeness (QED) is 0.186. The second-order valence-electron chi connectivity index (χ2n) is 12.8. The third-order valence-electron chi connectivity index (χ3n) is 9.67. The molecule has 0 saturated carbocycles. The standard InChI is InChI=1S/C47H29N3O/c1-3-13-30(14-4-1)36-27-41(44-39-21-11-12-22-42(39)51-43(44)29-36)47-49-45(35-24-23-31-15-7-8-18-33(31)25-35)48-46(50-47)37-26-34-19-9-10-20-38(34)40(28-37)32-16-5-2-6-17-32/h1-29H. The van der Waals surface area contributed by atoms with Crippen LogP contribution in [-0.4, -0.2) is 15.0 Å². The molecule has 0 N–H and O–H groups in total. The van der Waals surface area contributed by atoms with Gasteiger partial charge in [0.25, 0.3) is 0 Å². The van der Waals surface area contributed by atoms with E-state index in [1.54, 1.807) is 0 Å². The number of nitrogens with zero attached hydrogens (tertiary/aromatic N) is 3. The summed E-state index contributed by atoms with van der Waals surface area (Å²) in [5.41, 5.74) is 8.75. The zero-order valence-corrected chi connectivity index (χ0v) is 27.5. The highest BCUT2D eigenvalue weighted by molar-refractivity contribution is 6.13. The van der Waals surface area contributed by atoms with Gasteiger partial charge in [0.1, 0.15) is 11.2 Å². The predicted octanol–water partition coefficient (Wildman–Crippen LogP) is 12.4. The number of rotatable bonds is 5. The molecule has 0 fully saturated rings. The molecule has 8 aromatic carbocycles. The normalized spacial score (nSPS) is 11.5. The molecular formula is C47H29N3O. The van der Waals surface area contributed by atoms with Crippen molar-refractivity contribution >= 4 is 43.5 Å². The highest BCUT2D eigenvalue weighted by atomic mass is 16.3. The monoisotopic (exact) mass is 651 g/mol. The Kier molecular flexibility index (Phi) is 6.78. The Morgan fingerprint density at radius 1 is 0.314 bits per heavy atom. The van der Waals surface area contributed by atoms with E-state index in [2.05, 4.69) is 146 Å². The van der Waals surface area contributed by atoms with Crippen LogP contribution < -0.4 is 0 Å². The van der Waals surface area contributed by atoms with Crippen molar-refractivity contribution in [3.8, 4) is 56.4 Å². The van der Waals surface area contributed by atoms with Crippen molar-refractivity contribution in [3.63, 3.8) is 0 Å². The molecule has 238 valence electrons. The first-order valence-corrected chi connectivity index (χ1v) is 17.1. The topological polar surface area (TPSA) is 51.8 Å². The van der Waals surface area contributed by atoms with Gasteiger partial charge in [0, 0.05) is 27.5 Å². The van der Waals surface area contributed by atoms with Crippen molar-refractivity contribution < 1.29 is 4.42 Å². The van der Waals surface area contributed by atoms with E-state index in [1.165, 1.54) is 10.8 Å². The lowest BCUT2D eigenvalue weighted by molar-refractivity contribution is 0.669. The average molecular weight is 652 g/mol. The molecule has 0 radical (unpaired) electrons. The maximum absolute atomic E-state index is 6.50. The molecular weight excluding hydrogens is 623 g/mol. The first-order valence-electron chi connectivity index (χ1n) is 17.1. The second-order valence-corrected chi connectivity index (χ2v) is 12.8. The summed E-state index contributed by atoms with van der Waals surface area (Å²) in [5.74, 6) is 1.81. The number of para-hydroxylation sites is 1. The lowest BCUT2D eigenvalue weighted by Gasteiger charge is -2.13. The highest BCUT2D eigenvalue weighted by Gasteiger charge is 2.20. The smallest absolute Gasteiger partial charge is 0.164 e. The van der Waals surface area contributed by atoms with Crippen LogP contribution in [0.15, 0.2) is 180 Å². The Morgan fingerprint density at radius 3 is 1.71 bits per heavy atom. The maximum atomic E-state index is 6.50. The highest BCUT2D eigenvalue weighted by Crippen LogP contribution is 2.41. The van der Waals surface area contributed by atoms with Crippen LogP contribution in [0.4, 0.5) is 0 Å². The Hall–Kier alpha value is -6.91. The van der Waals surface area contributed by atoms with Crippen molar-refractivity contribution in [2.75, 3.05) is 0 Å². The fourth-order valence-electron chi connectivity index (χ4n) is 7.21. The van der Waals surface area contributed by atoms with E-state index < -0.39 is 0 Å². The number of furan rings is 1. The zero-order chi connectivity index (χ0) is 33.7. The summed E-state index contributed by atoms with van der Waals surface area (Å²) in [6.07, 6.45) is 0. The van der Waals surface area contributed by atoms with Gasteiger partial charge in [-0.15, -0.1) is 0 Å². The number of aromatic nitrogens is 3. The van der Waals surface area contributed by atoms with Crippen LogP contribution in [-0.2, 0) is 0 Å². The summed E-state index contributed by atoms with van der Waals surface area (Å²) in [7, 11) is 0. The minimum absolute atomic E-state index is 0.590. The van der Waals surface area contributed by atoms with Gasteiger partial charge < -0.3 is 4.42 Å². The van der Waals surface area contributed by atoms with E-state index in [9.17, 15) is 0 Å². The molecule has 2 aromatic heterocycles. The summed E-state index contributed by atoms with van der Waals surface area (Å²) in [4.78, 5) is 15.8. The van der Waals surface area contributed by atoms with Crippen molar-refractivity contribution in [1.82, 2.24) is 15.0 Å². The van der Waals surface area contributed by atoms with Gasteiger partial charge in [-0.05, 0) is 80.2 Å². The minimum Gasteiger partial charge on any atom is -0.456 e. The number of hydrogen-bond donors (Lipinski definition) is 0. The van der Waals surface area contributed by atoms with Gasteiger partial charge in [-0.25, -0.2) is 15.0 Å². The van der Waals surface area contributed by atoms with Gasteiger partial charge in [0.15, 0.2) is 17.5 Å². The molecule has 0 unspecified atom stereocenters. The van der Waals surface area contributed by atoms with Crippen molar-refractivity contribution in [3.05, 3.63) is 176 Å². The van der Waals surface area contributed by atoms with Crippen molar-refractivity contribution in [1.29, 1.82) is 0 Å². The number of benzene rings is 8. The molecule has 4 heteroatoms. The molecule has 4 nitrogen and oxygen atoms in total. The zero-order valence-electron chi connectivity index (χ0n) is 27.5. The lowest BCUT2D eigenvalue weighted by Crippen LogP contribution is -2.01. The summed E-state index contributed by atoms with van der Waals surface area (Å²) < 4.78 is 6.50. The van der Waals surface area contributed by atoms with E-state index in [-0.39, 0.29) is 0 Å². The van der Waals surface area contributed by atoms with E-state index in [0.29, 0.717) is 17.5 Å².